The molecule has 2 unspecified atom stereocenters. The van der Waals surface area contributed by atoms with Crippen LogP contribution in [-0.4, -0.2) is 54.1 Å². The van der Waals surface area contributed by atoms with Gasteiger partial charge in [0.05, 0.1) is 12.7 Å². The first-order chi connectivity index (χ1) is 8.06. The van der Waals surface area contributed by atoms with Crippen molar-refractivity contribution in [3.63, 3.8) is 0 Å². The van der Waals surface area contributed by atoms with Crippen LogP contribution in [0.4, 0.5) is 4.79 Å². The Labute approximate surface area is 99.1 Å². The normalized spacial score (nSPS) is 25.3. The molecule has 0 bridgehead atoms. The van der Waals surface area contributed by atoms with Gasteiger partial charge in [-0.3, -0.25) is 0 Å². The molecular formula is C10H18N2O5. The first kappa shape index (κ1) is 13.7. The number of nitrogens with one attached hydrogen (secondary N) is 2. The molecule has 7 heteroatoms. The molecule has 0 aromatic rings. The average molecular weight is 246 g/mol. The third-order valence-corrected chi connectivity index (χ3v) is 2.84. The highest BCUT2D eigenvalue weighted by Crippen LogP contribution is 2.21. The summed E-state index contributed by atoms with van der Waals surface area (Å²) in [5, 5.41) is 22.2. The summed E-state index contributed by atoms with van der Waals surface area (Å²) in [6.45, 7) is -0.631. The Hall–Kier alpha value is -1.34. The minimum atomic E-state index is -1.27. The molecule has 1 saturated carbocycles. The summed E-state index contributed by atoms with van der Waals surface area (Å²) < 4.78 is 5.16. The summed E-state index contributed by atoms with van der Waals surface area (Å²) in [6.07, 6.45) is 2.56. The number of hydrogen-bond acceptors (Lipinski definition) is 4. The molecule has 1 aliphatic carbocycles. The summed E-state index contributed by atoms with van der Waals surface area (Å²) >= 11 is 0. The highest BCUT2D eigenvalue weighted by Gasteiger charge is 2.27. The number of methoxy groups -OCH3 is 1. The number of ether oxygens (including phenoxy) is 1. The monoisotopic (exact) mass is 246 g/mol. The van der Waals surface area contributed by atoms with Crippen molar-refractivity contribution < 1.29 is 24.5 Å². The van der Waals surface area contributed by atoms with Gasteiger partial charge in [0.2, 0.25) is 0 Å². The van der Waals surface area contributed by atoms with E-state index in [1.807, 2.05) is 0 Å². The van der Waals surface area contributed by atoms with Gasteiger partial charge in [-0.2, -0.15) is 0 Å². The van der Waals surface area contributed by atoms with Crippen LogP contribution in [-0.2, 0) is 9.53 Å². The van der Waals surface area contributed by atoms with Gasteiger partial charge in [-0.15, -0.1) is 0 Å². The molecule has 1 fully saturated rings. The number of aliphatic hydroxyl groups is 1. The fourth-order valence-corrected chi connectivity index (χ4v) is 1.86. The van der Waals surface area contributed by atoms with Crippen molar-refractivity contribution in [3.05, 3.63) is 0 Å². The largest absolute Gasteiger partial charge is 0.480 e. The first-order valence-corrected chi connectivity index (χ1v) is 5.50. The van der Waals surface area contributed by atoms with Gasteiger partial charge in [0, 0.05) is 13.2 Å². The molecule has 98 valence electrons. The molecule has 4 N–H and O–H groups in total. The number of urea groups is 1. The zero-order valence-electron chi connectivity index (χ0n) is 9.68. The van der Waals surface area contributed by atoms with E-state index >= 15 is 0 Å². The van der Waals surface area contributed by atoms with Gasteiger partial charge in [0.1, 0.15) is 0 Å². The Morgan fingerprint density at radius 3 is 2.65 bits per heavy atom. The number of aliphatic hydroxyl groups excluding tert-OH is 1. The van der Waals surface area contributed by atoms with Gasteiger partial charge in [-0.1, -0.05) is 0 Å². The molecule has 0 spiro atoms. The van der Waals surface area contributed by atoms with Gasteiger partial charge in [0.15, 0.2) is 6.04 Å². The summed E-state index contributed by atoms with van der Waals surface area (Å²) in [7, 11) is 1.62. The first-order valence-electron chi connectivity index (χ1n) is 5.50. The van der Waals surface area contributed by atoms with E-state index in [4.69, 9.17) is 14.9 Å². The van der Waals surface area contributed by atoms with E-state index < -0.39 is 24.6 Å². The number of carbonyl (C=O) groups excluding carboxylic acids is 1. The second-order valence-corrected chi connectivity index (χ2v) is 4.06. The van der Waals surface area contributed by atoms with Crippen LogP contribution in [0.5, 0.6) is 0 Å². The molecule has 0 aromatic carbocycles. The van der Waals surface area contributed by atoms with Crippen LogP contribution in [0.2, 0.25) is 0 Å². The second-order valence-electron chi connectivity index (χ2n) is 4.06. The number of rotatable bonds is 5. The molecule has 0 aliphatic heterocycles. The zero-order valence-corrected chi connectivity index (χ0v) is 9.68. The Morgan fingerprint density at radius 1 is 1.47 bits per heavy atom. The fourth-order valence-electron chi connectivity index (χ4n) is 1.86. The molecule has 2 amide bonds. The molecule has 1 aliphatic rings. The van der Waals surface area contributed by atoms with Gasteiger partial charge >= 0.3 is 12.0 Å². The van der Waals surface area contributed by atoms with E-state index in [0.29, 0.717) is 0 Å². The lowest BCUT2D eigenvalue weighted by Gasteiger charge is -2.16. The lowest BCUT2D eigenvalue weighted by Crippen LogP contribution is -2.50. The predicted octanol–water partition coefficient (Wildman–Crippen LogP) is -0.701. The maximum absolute atomic E-state index is 11.4. The van der Waals surface area contributed by atoms with Crippen molar-refractivity contribution in [1.29, 1.82) is 0 Å². The smallest absolute Gasteiger partial charge is 0.328 e. The van der Waals surface area contributed by atoms with Crippen LogP contribution in [0.25, 0.3) is 0 Å². The van der Waals surface area contributed by atoms with E-state index in [1.54, 1.807) is 7.11 Å². The van der Waals surface area contributed by atoms with Gasteiger partial charge in [-0.25, -0.2) is 9.59 Å². The maximum atomic E-state index is 11.4. The Balaban J connectivity index is 2.32. The van der Waals surface area contributed by atoms with E-state index in [0.717, 1.165) is 19.3 Å². The molecule has 0 heterocycles. The van der Waals surface area contributed by atoms with Gasteiger partial charge in [0.25, 0.3) is 0 Å². The minimum absolute atomic E-state index is 0.00640. The van der Waals surface area contributed by atoms with Crippen molar-refractivity contribution in [2.24, 2.45) is 0 Å². The number of carbonyl (C=O) groups is 2. The topological polar surface area (TPSA) is 108 Å². The summed E-state index contributed by atoms with van der Waals surface area (Å²) in [5.41, 5.74) is 0. The summed E-state index contributed by atoms with van der Waals surface area (Å²) in [4.78, 5) is 22.0. The fraction of sp³-hybridized carbons (Fsp3) is 0.800. The Morgan fingerprint density at radius 2 is 2.18 bits per heavy atom. The standard InChI is InChI=1S/C10H18N2O5/c1-17-7-3-2-6(4-7)11-10(16)12-8(5-13)9(14)15/h6-8,13H,2-5H2,1H3,(H,14,15)(H2,11,12,16)/t6?,7?,8-/m0/s1. The molecule has 3 atom stereocenters. The number of hydrogen-bond donors (Lipinski definition) is 4. The number of carboxylic acid groups (broad SMARTS) is 1. The Kier molecular flexibility index (Phi) is 5.17. The van der Waals surface area contributed by atoms with Crippen LogP contribution in [0.15, 0.2) is 0 Å². The van der Waals surface area contributed by atoms with E-state index in [1.165, 1.54) is 0 Å². The van der Waals surface area contributed by atoms with Gasteiger partial charge in [-0.05, 0) is 19.3 Å². The van der Waals surface area contributed by atoms with Crippen LogP contribution >= 0.6 is 0 Å². The Bertz CT molecular complexity index is 284. The van der Waals surface area contributed by atoms with Crippen LogP contribution < -0.4 is 10.6 Å². The van der Waals surface area contributed by atoms with E-state index in [-0.39, 0.29) is 12.1 Å². The molecule has 7 nitrogen and oxygen atoms in total. The van der Waals surface area contributed by atoms with Crippen molar-refractivity contribution >= 4 is 12.0 Å². The second kappa shape index (κ2) is 6.41. The van der Waals surface area contributed by atoms with Crippen LogP contribution in [0.3, 0.4) is 0 Å². The summed E-state index contributed by atoms with van der Waals surface area (Å²) in [5.74, 6) is -1.26. The van der Waals surface area contributed by atoms with E-state index in [2.05, 4.69) is 10.6 Å². The minimum Gasteiger partial charge on any atom is -0.480 e. The molecule has 0 aromatic heterocycles. The predicted molar refractivity (Wildman–Crippen MR) is 58.6 cm³/mol. The van der Waals surface area contributed by atoms with Crippen molar-refractivity contribution in [3.8, 4) is 0 Å². The maximum Gasteiger partial charge on any atom is 0.328 e. The van der Waals surface area contributed by atoms with Crippen molar-refractivity contribution in [2.45, 2.75) is 37.5 Å². The van der Waals surface area contributed by atoms with E-state index in [9.17, 15) is 9.59 Å². The number of aliphatic carboxylic acids is 1. The lowest BCUT2D eigenvalue weighted by molar-refractivity contribution is -0.140. The van der Waals surface area contributed by atoms with Crippen molar-refractivity contribution in [2.75, 3.05) is 13.7 Å². The lowest BCUT2D eigenvalue weighted by atomic mass is 10.2. The molecular weight excluding hydrogens is 228 g/mol. The number of amides is 2. The highest BCUT2D eigenvalue weighted by molar-refractivity contribution is 5.82. The molecule has 17 heavy (non-hydrogen) atoms. The molecule has 0 radical (unpaired) electrons. The SMILES string of the molecule is COC1CCC(NC(=O)N[C@@H](CO)C(=O)O)C1. The third-order valence-electron chi connectivity index (χ3n) is 2.84. The van der Waals surface area contributed by atoms with Crippen LogP contribution in [0, 0.1) is 0 Å². The molecule has 0 saturated heterocycles. The molecule has 1 rings (SSSR count). The number of carboxylic acids is 1. The summed E-state index contributed by atoms with van der Waals surface area (Å²) in [6, 6.07) is -1.85. The highest BCUT2D eigenvalue weighted by atomic mass is 16.5. The quantitative estimate of drug-likeness (QED) is 0.513. The van der Waals surface area contributed by atoms with Crippen molar-refractivity contribution in [1.82, 2.24) is 10.6 Å². The average Bonchev–Trinajstić information content (AvgIpc) is 2.73. The van der Waals surface area contributed by atoms with Gasteiger partial charge < -0.3 is 25.6 Å². The third kappa shape index (κ3) is 4.20. The zero-order chi connectivity index (χ0) is 12.8. The van der Waals surface area contributed by atoms with Crippen LogP contribution in [0.1, 0.15) is 19.3 Å².